The second-order valence-corrected chi connectivity index (χ2v) is 4.35. The highest BCUT2D eigenvalue weighted by atomic mass is 16.3. The Balaban J connectivity index is 2.37. The minimum absolute atomic E-state index is 0.0427. The molecular formula is C11H17N5O. The molecule has 0 aliphatic heterocycles. The van der Waals surface area contributed by atoms with E-state index < -0.39 is 0 Å². The van der Waals surface area contributed by atoms with Crippen molar-refractivity contribution in [3.63, 3.8) is 0 Å². The van der Waals surface area contributed by atoms with Crippen molar-refractivity contribution in [1.82, 2.24) is 14.4 Å². The third kappa shape index (κ3) is 2.31. The molecule has 0 fully saturated rings. The van der Waals surface area contributed by atoms with Gasteiger partial charge >= 0.3 is 0 Å². The number of hydrogen-bond donors (Lipinski definition) is 3. The number of aromatic nitrogens is 3. The maximum Gasteiger partial charge on any atom is 0.180 e. The molecule has 1 atom stereocenters. The number of nitrogens with two attached hydrogens (primary N) is 1. The summed E-state index contributed by atoms with van der Waals surface area (Å²) in [6, 6.07) is -0.0650. The summed E-state index contributed by atoms with van der Waals surface area (Å²) in [4.78, 5) is 8.42. The van der Waals surface area contributed by atoms with Crippen LogP contribution >= 0.6 is 0 Å². The normalized spacial score (nSPS) is 13.2. The van der Waals surface area contributed by atoms with Crippen LogP contribution in [0, 0.1) is 5.92 Å². The number of aliphatic hydroxyl groups is 1. The number of fused-ring (bicyclic) bond motifs is 1. The quantitative estimate of drug-likeness (QED) is 0.727. The number of aliphatic hydroxyl groups excluding tert-OH is 1. The molecule has 0 spiro atoms. The van der Waals surface area contributed by atoms with E-state index in [1.165, 1.54) is 0 Å². The van der Waals surface area contributed by atoms with E-state index in [1.807, 2.05) is 20.0 Å². The number of nitrogens with one attached hydrogen (secondary N) is 1. The third-order valence-corrected chi connectivity index (χ3v) is 2.72. The first kappa shape index (κ1) is 11.7. The molecule has 0 saturated heterocycles. The van der Waals surface area contributed by atoms with Crippen LogP contribution in [0.2, 0.25) is 0 Å². The molecular weight excluding hydrogens is 218 g/mol. The van der Waals surface area contributed by atoms with Gasteiger partial charge in [0.2, 0.25) is 0 Å². The van der Waals surface area contributed by atoms with Gasteiger partial charge in [-0.15, -0.1) is 0 Å². The van der Waals surface area contributed by atoms with Crippen LogP contribution in [-0.2, 0) is 0 Å². The molecule has 2 aromatic rings. The van der Waals surface area contributed by atoms with Crippen molar-refractivity contribution in [3.8, 4) is 0 Å². The molecule has 17 heavy (non-hydrogen) atoms. The van der Waals surface area contributed by atoms with Crippen LogP contribution in [-0.4, -0.2) is 32.1 Å². The fourth-order valence-electron chi connectivity index (χ4n) is 1.65. The van der Waals surface area contributed by atoms with E-state index in [2.05, 4.69) is 15.3 Å². The molecule has 0 aliphatic carbocycles. The highest BCUT2D eigenvalue weighted by molar-refractivity contribution is 5.65. The molecule has 0 unspecified atom stereocenters. The maximum absolute atomic E-state index is 9.30. The van der Waals surface area contributed by atoms with Crippen LogP contribution in [0.3, 0.4) is 0 Å². The van der Waals surface area contributed by atoms with Gasteiger partial charge < -0.3 is 20.6 Å². The number of nitrogens with zero attached hydrogens (tertiary/aromatic N) is 3. The summed E-state index contributed by atoms with van der Waals surface area (Å²) in [5, 5.41) is 12.5. The van der Waals surface area contributed by atoms with E-state index in [9.17, 15) is 5.11 Å². The van der Waals surface area contributed by atoms with E-state index in [1.54, 1.807) is 16.8 Å². The van der Waals surface area contributed by atoms with E-state index >= 15 is 0 Å². The second kappa shape index (κ2) is 4.58. The van der Waals surface area contributed by atoms with Crippen LogP contribution in [0.4, 0.5) is 11.6 Å². The molecule has 0 saturated carbocycles. The van der Waals surface area contributed by atoms with E-state index in [0.717, 1.165) is 0 Å². The van der Waals surface area contributed by atoms with Gasteiger partial charge in [-0.3, -0.25) is 0 Å². The van der Waals surface area contributed by atoms with Crippen molar-refractivity contribution in [1.29, 1.82) is 0 Å². The summed E-state index contributed by atoms with van der Waals surface area (Å²) in [5.41, 5.74) is 6.42. The largest absolute Gasteiger partial charge is 0.394 e. The minimum Gasteiger partial charge on any atom is -0.394 e. The molecule has 2 aromatic heterocycles. The minimum atomic E-state index is -0.0650. The first-order chi connectivity index (χ1) is 8.11. The van der Waals surface area contributed by atoms with Crippen LogP contribution in [0.1, 0.15) is 13.8 Å². The molecule has 2 rings (SSSR count). The van der Waals surface area contributed by atoms with Crippen molar-refractivity contribution in [3.05, 3.63) is 18.6 Å². The Labute approximate surface area is 99.5 Å². The molecule has 0 radical (unpaired) electrons. The smallest absolute Gasteiger partial charge is 0.180 e. The summed E-state index contributed by atoms with van der Waals surface area (Å²) >= 11 is 0. The molecule has 6 nitrogen and oxygen atoms in total. The lowest BCUT2D eigenvalue weighted by molar-refractivity contribution is 0.249. The average Bonchev–Trinajstić information content (AvgIpc) is 2.72. The zero-order valence-corrected chi connectivity index (χ0v) is 9.96. The lowest BCUT2D eigenvalue weighted by atomic mass is 10.1. The average molecular weight is 235 g/mol. The number of nitrogen functional groups attached to an aromatic ring is 1. The standard InChI is InChI=1S/C11H17N5O/c1-7(2)8(6-17)14-10-11-13-3-4-16(11)5-9(12)15-10/h3-5,7-8,17H,6,12H2,1-2H3,(H,14,15)/t8-/m1/s1. The highest BCUT2D eigenvalue weighted by Crippen LogP contribution is 2.17. The van der Waals surface area contributed by atoms with Gasteiger partial charge in [-0.2, -0.15) is 0 Å². The molecule has 6 heteroatoms. The first-order valence-corrected chi connectivity index (χ1v) is 5.58. The van der Waals surface area contributed by atoms with Gasteiger partial charge in [0.05, 0.1) is 18.8 Å². The Morgan fingerprint density at radius 1 is 1.53 bits per heavy atom. The van der Waals surface area contributed by atoms with Crippen LogP contribution < -0.4 is 11.1 Å². The highest BCUT2D eigenvalue weighted by Gasteiger charge is 2.15. The Bertz CT molecular complexity index is 508. The summed E-state index contributed by atoms with van der Waals surface area (Å²) in [7, 11) is 0. The lowest BCUT2D eigenvalue weighted by Crippen LogP contribution is -2.30. The van der Waals surface area contributed by atoms with Gasteiger partial charge in [0, 0.05) is 12.4 Å². The molecule has 0 bridgehead atoms. The maximum atomic E-state index is 9.30. The molecule has 0 aromatic carbocycles. The van der Waals surface area contributed by atoms with Gasteiger partial charge in [0.25, 0.3) is 0 Å². The fraction of sp³-hybridized carbons (Fsp3) is 0.455. The number of rotatable bonds is 4. The number of anilines is 2. The number of hydrogen-bond acceptors (Lipinski definition) is 5. The zero-order valence-electron chi connectivity index (χ0n) is 9.96. The summed E-state index contributed by atoms with van der Waals surface area (Å²) in [6.45, 7) is 4.10. The summed E-state index contributed by atoms with van der Waals surface area (Å²) in [5.74, 6) is 1.31. The molecule has 4 N–H and O–H groups in total. The molecule has 0 amide bonds. The van der Waals surface area contributed by atoms with Gasteiger partial charge in [0.15, 0.2) is 11.5 Å². The SMILES string of the molecule is CC(C)[C@@H](CO)Nc1nc(N)cn2ccnc12. The van der Waals surface area contributed by atoms with E-state index in [0.29, 0.717) is 23.2 Å². The predicted molar refractivity (Wildman–Crippen MR) is 66.7 cm³/mol. The van der Waals surface area contributed by atoms with Crippen LogP contribution in [0.25, 0.3) is 5.65 Å². The van der Waals surface area contributed by atoms with Crippen LogP contribution in [0.5, 0.6) is 0 Å². The monoisotopic (exact) mass is 235 g/mol. The van der Waals surface area contributed by atoms with Crippen molar-refractivity contribution in [2.45, 2.75) is 19.9 Å². The lowest BCUT2D eigenvalue weighted by Gasteiger charge is -2.20. The Kier molecular flexibility index (Phi) is 3.14. The molecule has 2 heterocycles. The Morgan fingerprint density at radius 2 is 2.29 bits per heavy atom. The van der Waals surface area contributed by atoms with Crippen molar-refractivity contribution < 1.29 is 5.11 Å². The predicted octanol–water partition coefficient (Wildman–Crippen LogP) is 0.740. The third-order valence-electron chi connectivity index (χ3n) is 2.72. The van der Waals surface area contributed by atoms with Crippen LogP contribution in [0.15, 0.2) is 18.6 Å². The summed E-state index contributed by atoms with van der Waals surface area (Å²) < 4.78 is 1.80. The number of imidazole rings is 1. The first-order valence-electron chi connectivity index (χ1n) is 5.58. The molecule has 0 aliphatic rings. The Morgan fingerprint density at radius 3 is 2.94 bits per heavy atom. The van der Waals surface area contributed by atoms with Gasteiger partial charge in [-0.05, 0) is 5.92 Å². The van der Waals surface area contributed by atoms with Gasteiger partial charge in [-0.25, -0.2) is 9.97 Å². The van der Waals surface area contributed by atoms with Crippen molar-refractivity contribution >= 4 is 17.3 Å². The van der Waals surface area contributed by atoms with Gasteiger partial charge in [0.1, 0.15) is 5.82 Å². The topological polar surface area (TPSA) is 88.5 Å². The van der Waals surface area contributed by atoms with Crippen molar-refractivity contribution in [2.75, 3.05) is 17.7 Å². The second-order valence-electron chi connectivity index (χ2n) is 4.35. The molecule has 92 valence electrons. The van der Waals surface area contributed by atoms with Gasteiger partial charge in [-0.1, -0.05) is 13.8 Å². The zero-order chi connectivity index (χ0) is 12.4. The van der Waals surface area contributed by atoms with Crippen molar-refractivity contribution in [2.24, 2.45) is 5.92 Å². The van der Waals surface area contributed by atoms with E-state index in [4.69, 9.17) is 5.73 Å². The fourth-order valence-corrected chi connectivity index (χ4v) is 1.65. The summed E-state index contributed by atoms with van der Waals surface area (Å²) in [6.07, 6.45) is 5.20. The van der Waals surface area contributed by atoms with E-state index in [-0.39, 0.29) is 12.6 Å². The Hall–Kier alpha value is -1.82.